The van der Waals surface area contributed by atoms with E-state index in [2.05, 4.69) is 45.9 Å². The van der Waals surface area contributed by atoms with Crippen LogP contribution in [-0.2, 0) is 10.0 Å². The number of ether oxygens (including phenoxy) is 1. The highest BCUT2D eigenvalue weighted by molar-refractivity contribution is 7.88. The molecule has 0 heterocycles. The third kappa shape index (κ3) is 4.48. The lowest BCUT2D eigenvalue weighted by Crippen LogP contribution is -2.67. The molecule has 9 aliphatic carbocycles. The molecule has 0 aliphatic heterocycles. The van der Waals surface area contributed by atoms with Crippen molar-refractivity contribution in [3.8, 4) is 5.75 Å². The Morgan fingerprint density at radius 1 is 0.939 bits per heavy atom. The second-order valence-corrected chi connectivity index (χ2v) is 20.6. The first-order valence-electron chi connectivity index (χ1n) is 18.9. The van der Waals surface area contributed by atoms with E-state index >= 15 is 0 Å². The number of Topliss-reactive ketones (excluding diaryl/α,β-unsaturated/α-hetero) is 1. The van der Waals surface area contributed by atoms with Gasteiger partial charge in [-0.2, -0.15) is 4.31 Å². The number of sulfonamides is 1. The van der Waals surface area contributed by atoms with Gasteiger partial charge < -0.3 is 14.9 Å². The molecule has 8 heteroatoms. The van der Waals surface area contributed by atoms with E-state index in [0.717, 1.165) is 56.4 Å². The van der Waals surface area contributed by atoms with Gasteiger partial charge in [0.25, 0.3) is 0 Å². The third-order valence-electron chi connectivity index (χ3n) is 16.7. The Labute approximate surface area is 293 Å². The molecule has 2 spiro atoms. The molecule has 9 aliphatic rings. The fraction of sp³-hybridized carbons (Fsp3) is 0.732. The number of fused-ring (bicyclic) bond motifs is 3. The molecule has 1 aromatic carbocycles. The van der Waals surface area contributed by atoms with Crippen molar-refractivity contribution >= 4 is 15.8 Å². The Hall–Kier alpha value is -2.00. The van der Waals surface area contributed by atoms with E-state index in [1.807, 2.05) is 24.3 Å². The number of carbonyl (C=O) groups excluding carboxylic acids is 1. The molecule has 49 heavy (non-hydrogen) atoms. The maximum Gasteiger partial charge on any atom is 0.211 e. The highest BCUT2D eigenvalue weighted by Crippen LogP contribution is 2.78. The lowest BCUT2D eigenvalue weighted by Gasteiger charge is -2.71. The Balaban J connectivity index is 1.18. The third-order valence-corrected chi connectivity index (χ3v) is 17.9. The van der Waals surface area contributed by atoms with E-state index in [0.29, 0.717) is 42.5 Å². The number of carbonyl (C=O) groups is 1. The van der Waals surface area contributed by atoms with Crippen molar-refractivity contribution in [3.63, 3.8) is 0 Å². The van der Waals surface area contributed by atoms with Crippen molar-refractivity contribution in [3.05, 3.63) is 53.6 Å². The quantitative estimate of drug-likeness (QED) is 0.230. The molecular weight excluding hydrogens is 635 g/mol. The van der Waals surface area contributed by atoms with Gasteiger partial charge in [0.1, 0.15) is 5.75 Å². The van der Waals surface area contributed by atoms with Crippen LogP contribution in [-0.4, -0.2) is 66.9 Å². The first kappa shape index (κ1) is 34.1. The van der Waals surface area contributed by atoms with E-state index in [1.165, 1.54) is 12.7 Å². The lowest BCUT2D eigenvalue weighted by molar-refractivity contribution is -0.174. The lowest BCUT2D eigenvalue weighted by atomic mass is 9.32. The molecule has 11 atom stereocenters. The first-order valence-corrected chi connectivity index (χ1v) is 20.8. The van der Waals surface area contributed by atoms with Gasteiger partial charge in [0.15, 0.2) is 5.78 Å². The molecule has 0 radical (unpaired) electrons. The van der Waals surface area contributed by atoms with Crippen LogP contribution in [0.25, 0.3) is 0 Å². The van der Waals surface area contributed by atoms with Crippen LogP contribution in [0.4, 0.5) is 0 Å². The van der Waals surface area contributed by atoms with E-state index in [9.17, 15) is 23.4 Å². The summed E-state index contributed by atoms with van der Waals surface area (Å²) in [7, 11) is -1.95. The van der Waals surface area contributed by atoms with E-state index in [-0.39, 0.29) is 35.0 Å². The number of methoxy groups -OCH3 is 1. The monoisotopic (exact) mass is 691 g/mol. The number of hydrogen-bond acceptors (Lipinski definition) is 6. The maximum absolute atomic E-state index is 14.8. The number of aliphatic hydroxyl groups excluding tert-OH is 1. The van der Waals surface area contributed by atoms with Crippen LogP contribution in [0.2, 0.25) is 0 Å². The minimum Gasteiger partial charge on any atom is -0.497 e. The summed E-state index contributed by atoms with van der Waals surface area (Å²) in [6.45, 7) is 9.86. The highest BCUT2D eigenvalue weighted by Gasteiger charge is 2.74. The fourth-order valence-electron chi connectivity index (χ4n) is 13.5. The molecule has 268 valence electrons. The average molecular weight is 692 g/mol. The Bertz CT molecular complexity index is 1710. The normalized spacial score (nSPS) is 45.9. The summed E-state index contributed by atoms with van der Waals surface area (Å²) >= 11 is 0. The van der Waals surface area contributed by atoms with Crippen LogP contribution in [0.3, 0.4) is 0 Å². The number of ketones is 1. The number of aliphatic hydroxyl groups is 2. The average Bonchev–Trinajstić information content (AvgIpc) is 3.33. The Morgan fingerprint density at radius 3 is 2.27 bits per heavy atom. The standard InChI is InChI=1S/C41H57NO6S/c1-36(2)28-10-7-27(31(36)21-28)24-42(49(6,46)47)25-40(45)18-15-34-38(40,4)17-14-33-37(3)16-13-29(43)22-39(37)19-20-41(33,34)32(23-39)35(44)26-8-11-30(48-5)12-9-26/h8-9,11-12,19-20,23,27-29,31,33-34,43,45H,7,10,13-18,21-22,24-25H2,1-6H3. The summed E-state index contributed by atoms with van der Waals surface area (Å²) in [6.07, 6.45) is 16.3. The van der Waals surface area contributed by atoms with Crippen molar-refractivity contribution < 1.29 is 28.2 Å². The molecule has 6 saturated carbocycles. The van der Waals surface area contributed by atoms with Crippen molar-refractivity contribution in [2.45, 2.75) is 104 Å². The number of hydrogen-bond donors (Lipinski definition) is 2. The van der Waals surface area contributed by atoms with Crippen molar-refractivity contribution in [1.82, 2.24) is 4.31 Å². The Kier molecular flexibility index (Phi) is 7.50. The van der Waals surface area contributed by atoms with Gasteiger partial charge in [-0.3, -0.25) is 4.79 Å². The van der Waals surface area contributed by atoms with Crippen LogP contribution in [0.1, 0.15) is 102 Å². The first-order chi connectivity index (χ1) is 22.9. The summed E-state index contributed by atoms with van der Waals surface area (Å²) in [5, 5.41) is 23.9. The SMILES string of the molecule is COc1ccc(C(=O)C2=CC34C=CC25C(CCC2(C)C5CCC2(O)CN(CC2CCC5CC2C5(C)C)S(C)(=O)=O)C3(C)CCC(O)C4)cc1. The van der Waals surface area contributed by atoms with Crippen molar-refractivity contribution in [2.75, 3.05) is 26.5 Å². The molecule has 0 amide bonds. The largest absolute Gasteiger partial charge is 0.497 e. The van der Waals surface area contributed by atoms with E-state index in [1.54, 1.807) is 11.4 Å². The smallest absolute Gasteiger partial charge is 0.211 e. The molecule has 4 bridgehead atoms. The van der Waals surface area contributed by atoms with Crippen molar-refractivity contribution in [2.24, 2.45) is 56.7 Å². The molecule has 6 fully saturated rings. The molecule has 0 aromatic heterocycles. The van der Waals surface area contributed by atoms with Gasteiger partial charge in [-0.05, 0) is 129 Å². The molecule has 11 unspecified atom stereocenters. The van der Waals surface area contributed by atoms with Gasteiger partial charge in [0.2, 0.25) is 10.0 Å². The summed E-state index contributed by atoms with van der Waals surface area (Å²) in [4.78, 5) is 14.8. The van der Waals surface area contributed by atoms with Gasteiger partial charge in [-0.1, -0.05) is 45.9 Å². The molecule has 2 N–H and O–H groups in total. The minimum absolute atomic E-state index is 0.00894. The summed E-state index contributed by atoms with van der Waals surface area (Å²) in [5.41, 5.74) is -1.25. The Morgan fingerprint density at radius 2 is 1.61 bits per heavy atom. The zero-order valence-corrected chi connectivity index (χ0v) is 31.2. The highest BCUT2D eigenvalue weighted by atomic mass is 32.2. The fourth-order valence-corrected chi connectivity index (χ4v) is 14.5. The second-order valence-electron chi connectivity index (χ2n) is 18.6. The van der Waals surface area contributed by atoms with Crippen LogP contribution < -0.4 is 4.74 Å². The number of allylic oxidation sites excluding steroid dienone is 4. The second kappa shape index (κ2) is 10.8. The van der Waals surface area contributed by atoms with Crippen LogP contribution >= 0.6 is 0 Å². The van der Waals surface area contributed by atoms with Crippen LogP contribution in [0.5, 0.6) is 5.75 Å². The van der Waals surface area contributed by atoms with E-state index in [4.69, 9.17) is 4.74 Å². The van der Waals surface area contributed by atoms with Crippen molar-refractivity contribution in [1.29, 1.82) is 0 Å². The van der Waals surface area contributed by atoms with Crippen LogP contribution in [0, 0.1) is 56.7 Å². The predicted molar refractivity (Wildman–Crippen MR) is 190 cm³/mol. The molecule has 10 rings (SSSR count). The van der Waals surface area contributed by atoms with Gasteiger partial charge >= 0.3 is 0 Å². The zero-order chi connectivity index (χ0) is 35.0. The van der Waals surface area contributed by atoms with Gasteiger partial charge in [-0.25, -0.2) is 8.42 Å². The van der Waals surface area contributed by atoms with Crippen LogP contribution in [0.15, 0.2) is 48.1 Å². The molecule has 1 aromatic rings. The summed E-state index contributed by atoms with van der Waals surface area (Å²) < 4.78 is 34.1. The molecule has 0 saturated heterocycles. The van der Waals surface area contributed by atoms with Gasteiger partial charge in [0, 0.05) is 40.5 Å². The number of benzene rings is 1. The topological polar surface area (TPSA) is 104 Å². The zero-order valence-electron chi connectivity index (χ0n) is 30.4. The molecular formula is C41H57NO6S. The maximum atomic E-state index is 14.8. The minimum atomic E-state index is -3.57. The predicted octanol–water partition coefficient (Wildman–Crippen LogP) is 6.80. The van der Waals surface area contributed by atoms with Gasteiger partial charge in [-0.15, -0.1) is 0 Å². The summed E-state index contributed by atoms with van der Waals surface area (Å²) in [5.74, 6) is 2.43. The van der Waals surface area contributed by atoms with E-state index < -0.39 is 38.0 Å². The number of nitrogens with zero attached hydrogens (tertiary/aromatic N) is 1. The summed E-state index contributed by atoms with van der Waals surface area (Å²) in [6, 6.07) is 7.37. The van der Waals surface area contributed by atoms with Gasteiger partial charge in [0.05, 0.1) is 25.1 Å². The molecule has 7 nitrogen and oxygen atoms in total. The number of rotatable bonds is 8.